The summed E-state index contributed by atoms with van der Waals surface area (Å²) < 4.78 is 20.1. The molecule has 0 saturated heterocycles. The van der Waals surface area contributed by atoms with Gasteiger partial charge in [-0.2, -0.15) is 0 Å². The zero-order valence-corrected chi connectivity index (χ0v) is 75.1. The maximum atomic E-state index is 7.59. The van der Waals surface area contributed by atoms with Crippen molar-refractivity contribution in [1.82, 2.24) is 9.13 Å². The van der Waals surface area contributed by atoms with Gasteiger partial charge < -0.3 is 18.6 Å². The van der Waals surface area contributed by atoms with Crippen LogP contribution in [-0.2, 0) is 6.42 Å². The fourth-order valence-electron chi connectivity index (χ4n) is 24.3. The summed E-state index contributed by atoms with van der Waals surface area (Å²) in [6.07, 6.45) is 0.788. The molecule has 0 bridgehead atoms. The molecule has 0 atom stereocenters. The molecule has 126 heavy (non-hydrogen) atoms. The lowest BCUT2D eigenvalue weighted by Gasteiger charge is -2.34. The molecule has 0 N–H and O–H groups in total. The third-order valence-corrected chi connectivity index (χ3v) is 28.8. The van der Waals surface area contributed by atoms with Crippen LogP contribution in [0.3, 0.4) is 0 Å². The van der Waals surface area contributed by atoms with Gasteiger partial charge in [-0.15, -0.1) is 0 Å². The molecule has 0 radical (unpaired) electrons. The van der Waals surface area contributed by atoms with Gasteiger partial charge in [-0.05, 0) is 413 Å². The Balaban J connectivity index is 0.667. The first-order chi connectivity index (χ1) is 60.9. The summed E-state index contributed by atoms with van der Waals surface area (Å²) in [5, 5.41) is 4.99. The topological polar surface area (TPSA) is 28.3 Å². The maximum absolute atomic E-state index is 7.59. The van der Waals surface area contributed by atoms with Crippen molar-refractivity contribution in [3.05, 3.63) is 379 Å². The van der Waals surface area contributed by atoms with Gasteiger partial charge in [-0.1, -0.05) is 222 Å². The zero-order valence-electron chi connectivity index (χ0n) is 75.1. The normalized spacial score (nSPS) is 12.6. The maximum Gasteiger partial charge on any atom is 0.256 e. The molecule has 0 unspecified atom stereocenters. The van der Waals surface area contributed by atoms with Gasteiger partial charge in [0.15, 0.2) is 0 Å². The van der Waals surface area contributed by atoms with E-state index in [9.17, 15) is 0 Å². The number of hydrogen-bond acceptors (Lipinski definition) is 2. The van der Waals surface area contributed by atoms with Crippen molar-refractivity contribution in [2.24, 2.45) is 0 Å². The van der Waals surface area contributed by atoms with Crippen LogP contribution in [0.25, 0.3) is 155 Å². The van der Waals surface area contributed by atoms with E-state index in [-0.39, 0.29) is 13.4 Å². The molecule has 6 heterocycles. The van der Waals surface area contributed by atoms with Crippen molar-refractivity contribution in [3.8, 4) is 135 Å². The molecule has 4 nitrogen and oxygen atoms in total. The van der Waals surface area contributed by atoms with E-state index in [2.05, 4.69) is 400 Å². The quantitative estimate of drug-likeness (QED) is 0.121. The third-order valence-electron chi connectivity index (χ3n) is 28.8. The van der Waals surface area contributed by atoms with Gasteiger partial charge in [-0.3, -0.25) is 0 Å². The number of hydrogen-bond donors (Lipinski definition) is 0. The molecule has 17 aromatic carbocycles. The minimum absolute atomic E-state index is 0.113. The van der Waals surface area contributed by atoms with Crippen molar-refractivity contribution in [3.63, 3.8) is 0 Å². The van der Waals surface area contributed by atoms with E-state index in [1.807, 2.05) is 0 Å². The minimum atomic E-state index is -0.174. The summed E-state index contributed by atoms with van der Waals surface area (Å²) in [6.45, 7) is 38.5. The van der Waals surface area contributed by atoms with Crippen LogP contribution in [0.2, 0.25) is 0 Å². The molecule has 0 amide bonds. The van der Waals surface area contributed by atoms with E-state index in [4.69, 9.17) is 9.47 Å². The van der Waals surface area contributed by atoms with Gasteiger partial charge in [0.05, 0.1) is 11.0 Å². The number of fused-ring (bicyclic) bond motifs is 14. The van der Waals surface area contributed by atoms with E-state index in [1.54, 1.807) is 0 Å². The lowest BCUT2D eigenvalue weighted by Crippen LogP contribution is -2.58. The van der Waals surface area contributed by atoms with Crippen molar-refractivity contribution < 1.29 is 9.47 Å². The van der Waals surface area contributed by atoms with Crippen molar-refractivity contribution in [2.75, 3.05) is 0 Å². The highest BCUT2D eigenvalue weighted by molar-refractivity contribution is 7.00. The van der Waals surface area contributed by atoms with Crippen LogP contribution in [0.5, 0.6) is 23.0 Å². The Kier molecular flexibility index (Phi) is 17.4. The highest BCUT2D eigenvalue weighted by Crippen LogP contribution is 2.50. The Bertz CT molecular complexity index is 7950. The second kappa shape index (κ2) is 28.6. The van der Waals surface area contributed by atoms with Crippen LogP contribution >= 0.6 is 0 Å². The SMILES string of the molecule is Cc1cc(C)c(-c2ccc3c(c2)B2c4c(cc(-c5ccccc5)cc4-n4c5ccc(-c6c(C)cc(Cc7c(C)cc(C)c(-c8ccc9c(c8)B8c%10c(cc(-c%11ccccc%11-c%11ccccc%11)cc%10-n%10c%11ccc(-c%12c(C)cc(C)cc%12C)cc%11c%11cc(-c%12c(C)cc(C)cc%12C)cc8c%11%10)O9)c7C)cc6C)cc5c5cc(-c6c(C)cc(C)cc6C)cc2c54)O3)c(C)c1. The largest absolute Gasteiger partial charge is 0.458 e. The summed E-state index contributed by atoms with van der Waals surface area (Å²) in [5.74, 6) is 3.59. The summed E-state index contributed by atoms with van der Waals surface area (Å²) in [6, 6.07) is 105. The fraction of sp³-hybridized carbons (Fsp3) is 0.150. The van der Waals surface area contributed by atoms with E-state index < -0.39 is 0 Å². The molecular weight excluding hydrogens is 1520 g/mol. The third kappa shape index (κ3) is 11.8. The standard InChI is InChI=1S/C120H98B2N2O2/c1-64-40-69(6)111(70(7)41-64)84-32-36-104-95(52-84)98-55-91(115-75(12)46-67(4)47-76(115)13)59-102-120(98)124(104)106-61-89(93-31-25-24-30-92(93)83-28-22-19-23-29-83)63-110-118(106)122(102)100-57-87(35-39-108(100)126-110)116-77(14)48-68(5)94(80(116)17)51-81-49-78(15)113(79(16)50-81)85-33-37-103-96(53-85)97-54-90(114-73(10)44-66(3)45-74(114)11)58-101-119(97)123(103)105-60-88(82-26-20-18-21-27-82)62-109-117(105)121(101)99-56-86(34-38-107(99)125-109)112-71(8)42-65(2)43-72(112)9/h18-50,52-63H,51H2,1-17H3. The molecule has 19 aromatic rings. The van der Waals surface area contributed by atoms with E-state index in [0.717, 1.165) is 63.0 Å². The van der Waals surface area contributed by atoms with Gasteiger partial charge in [0.25, 0.3) is 13.4 Å². The Hall–Kier alpha value is -13.9. The van der Waals surface area contributed by atoms with E-state index >= 15 is 0 Å². The Morgan fingerprint density at radius 3 is 1.02 bits per heavy atom. The summed E-state index contributed by atoms with van der Waals surface area (Å²) >= 11 is 0. The van der Waals surface area contributed by atoms with Crippen molar-refractivity contribution in [1.29, 1.82) is 0 Å². The number of aryl methyl sites for hydroxylation is 16. The Morgan fingerprint density at radius 2 is 0.579 bits per heavy atom. The molecule has 0 fully saturated rings. The van der Waals surface area contributed by atoms with Gasteiger partial charge in [-0.25, -0.2) is 0 Å². The average Bonchev–Trinajstić information content (AvgIpc) is 1.43. The van der Waals surface area contributed by atoms with Crippen LogP contribution in [-0.4, -0.2) is 22.6 Å². The molecule has 4 aliphatic rings. The van der Waals surface area contributed by atoms with Crippen molar-refractivity contribution in [2.45, 2.75) is 124 Å². The lowest BCUT2D eigenvalue weighted by atomic mass is 9.34. The number of rotatable bonds is 11. The van der Waals surface area contributed by atoms with E-state index in [0.29, 0.717) is 0 Å². The predicted molar refractivity (Wildman–Crippen MR) is 536 cm³/mol. The molecule has 2 aromatic heterocycles. The fourth-order valence-corrected chi connectivity index (χ4v) is 24.3. The second-order valence-corrected chi connectivity index (χ2v) is 37.6. The Morgan fingerprint density at radius 1 is 0.238 bits per heavy atom. The number of ether oxygens (including phenoxy) is 2. The number of nitrogens with zero attached hydrogens (tertiary/aromatic N) is 2. The smallest absolute Gasteiger partial charge is 0.256 e. The molecule has 0 aliphatic carbocycles. The summed E-state index contributed by atoms with van der Waals surface area (Å²) in [7, 11) is 0. The van der Waals surface area contributed by atoms with E-state index in [1.165, 1.54) is 260 Å². The zero-order chi connectivity index (χ0) is 86.2. The molecule has 0 saturated carbocycles. The molecule has 6 heteroatoms. The van der Waals surface area contributed by atoms with Gasteiger partial charge in [0.1, 0.15) is 23.0 Å². The highest BCUT2D eigenvalue weighted by atomic mass is 16.5. The second-order valence-electron chi connectivity index (χ2n) is 37.6. The van der Waals surface area contributed by atoms with Crippen LogP contribution in [0.15, 0.2) is 273 Å². The first kappa shape index (κ1) is 76.9. The summed E-state index contributed by atoms with van der Waals surface area (Å²) in [4.78, 5) is 0. The van der Waals surface area contributed by atoms with Crippen LogP contribution < -0.4 is 42.3 Å². The van der Waals surface area contributed by atoms with Gasteiger partial charge >= 0.3 is 0 Å². The molecule has 0 spiro atoms. The molecule has 4 aliphatic heterocycles. The summed E-state index contributed by atoms with van der Waals surface area (Å²) in [5.41, 5.74) is 61.0. The molecule has 606 valence electrons. The Labute approximate surface area is 740 Å². The lowest BCUT2D eigenvalue weighted by molar-refractivity contribution is 0.487. The van der Waals surface area contributed by atoms with Gasteiger partial charge in [0.2, 0.25) is 0 Å². The van der Waals surface area contributed by atoms with Crippen LogP contribution in [0.4, 0.5) is 0 Å². The van der Waals surface area contributed by atoms with Crippen LogP contribution in [0.1, 0.15) is 106 Å². The monoisotopic (exact) mass is 1620 g/mol. The first-order valence-electron chi connectivity index (χ1n) is 44.9. The number of benzene rings is 17. The van der Waals surface area contributed by atoms with Crippen molar-refractivity contribution >= 4 is 89.8 Å². The molecular formula is C120H98B2N2O2. The highest BCUT2D eigenvalue weighted by Gasteiger charge is 2.45. The molecule has 23 rings (SSSR count). The minimum Gasteiger partial charge on any atom is -0.458 e. The predicted octanol–water partition coefficient (Wildman–Crippen LogP) is 27.6. The van der Waals surface area contributed by atoms with Gasteiger partial charge in [0, 0.05) is 44.0 Å². The number of aromatic nitrogens is 2. The first-order valence-corrected chi connectivity index (χ1v) is 44.9. The van der Waals surface area contributed by atoms with Crippen LogP contribution in [0, 0.1) is 118 Å². The average molecular weight is 1620 g/mol.